The molecule has 0 atom stereocenters. The van der Waals surface area contributed by atoms with Gasteiger partial charge < -0.3 is 10.1 Å². The van der Waals surface area contributed by atoms with Gasteiger partial charge in [0.15, 0.2) is 0 Å². The molecule has 0 aliphatic heterocycles. The second-order valence-electron chi connectivity index (χ2n) is 2.04. The van der Waals surface area contributed by atoms with Crippen LogP contribution in [0.2, 0.25) is 0 Å². The summed E-state index contributed by atoms with van der Waals surface area (Å²) in [6, 6.07) is 5.51. The van der Waals surface area contributed by atoms with Crippen LogP contribution in [-0.2, 0) is 0 Å². The van der Waals surface area contributed by atoms with Crippen LogP contribution in [-0.4, -0.2) is 13.3 Å². The maximum Gasteiger partial charge on any atom is 0.133 e. The summed E-state index contributed by atoms with van der Waals surface area (Å²) in [6.45, 7) is 0. The van der Waals surface area contributed by atoms with E-state index in [1.165, 1.54) is 6.21 Å². The molecule has 0 saturated heterocycles. The van der Waals surface area contributed by atoms with E-state index in [1.54, 1.807) is 13.2 Å². The van der Waals surface area contributed by atoms with Crippen LogP contribution in [0.25, 0.3) is 0 Å². The Balaban J connectivity index is 3.12. The molecule has 1 N–H and O–H groups in total. The van der Waals surface area contributed by atoms with Gasteiger partial charge in [0.2, 0.25) is 0 Å². The highest BCUT2D eigenvalue weighted by atomic mass is 79.9. The first-order valence-electron chi connectivity index (χ1n) is 3.12. The minimum absolute atomic E-state index is 0.756. The van der Waals surface area contributed by atoms with Crippen LogP contribution in [0.3, 0.4) is 0 Å². The number of nitrogens with one attached hydrogen (secondary N) is 1. The third-order valence-corrected chi connectivity index (χ3v) is 2.00. The SMILES string of the molecule is COc1cc(C=N)ccc1Br. The van der Waals surface area contributed by atoms with Crippen molar-refractivity contribution < 1.29 is 4.74 Å². The molecule has 1 aromatic rings. The highest BCUT2D eigenvalue weighted by Gasteiger charge is 1.98. The molecule has 0 aliphatic carbocycles. The van der Waals surface area contributed by atoms with Crippen molar-refractivity contribution in [2.45, 2.75) is 0 Å². The summed E-state index contributed by atoms with van der Waals surface area (Å²) >= 11 is 3.32. The molecule has 0 amide bonds. The van der Waals surface area contributed by atoms with E-state index in [4.69, 9.17) is 10.1 Å². The lowest BCUT2D eigenvalue weighted by atomic mass is 10.2. The molecule has 58 valence electrons. The van der Waals surface area contributed by atoms with E-state index in [0.717, 1.165) is 15.8 Å². The van der Waals surface area contributed by atoms with Gasteiger partial charge in [-0.25, -0.2) is 0 Å². The van der Waals surface area contributed by atoms with E-state index in [-0.39, 0.29) is 0 Å². The maximum absolute atomic E-state index is 6.99. The second kappa shape index (κ2) is 3.53. The van der Waals surface area contributed by atoms with Crippen molar-refractivity contribution in [1.29, 1.82) is 5.41 Å². The van der Waals surface area contributed by atoms with Gasteiger partial charge in [-0.2, -0.15) is 0 Å². The van der Waals surface area contributed by atoms with Crippen molar-refractivity contribution in [2.75, 3.05) is 7.11 Å². The Labute approximate surface area is 73.8 Å². The highest BCUT2D eigenvalue weighted by molar-refractivity contribution is 9.10. The van der Waals surface area contributed by atoms with Crippen LogP contribution in [0.5, 0.6) is 5.75 Å². The Bertz CT molecular complexity index is 273. The first kappa shape index (κ1) is 8.27. The first-order valence-corrected chi connectivity index (χ1v) is 3.91. The Morgan fingerprint density at radius 2 is 2.27 bits per heavy atom. The van der Waals surface area contributed by atoms with Crippen molar-refractivity contribution in [3.05, 3.63) is 28.2 Å². The van der Waals surface area contributed by atoms with Crippen molar-refractivity contribution in [3.63, 3.8) is 0 Å². The molecule has 0 bridgehead atoms. The molecule has 0 aromatic heterocycles. The normalized spacial score (nSPS) is 9.27. The van der Waals surface area contributed by atoms with Crippen LogP contribution < -0.4 is 4.74 Å². The molecular formula is C8H8BrNO. The Morgan fingerprint density at radius 1 is 1.55 bits per heavy atom. The predicted molar refractivity (Wildman–Crippen MR) is 48.6 cm³/mol. The molecule has 0 heterocycles. The van der Waals surface area contributed by atoms with E-state index in [0.29, 0.717) is 0 Å². The average Bonchev–Trinajstić information content (AvgIpc) is 2.05. The van der Waals surface area contributed by atoms with Crippen LogP contribution in [0, 0.1) is 5.41 Å². The predicted octanol–water partition coefficient (Wildman–Crippen LogP) is 2.46. The van der Waals surface area contributed by atoms with E-state index < -0.39 is 0 Å². The fourth-order valence-electron chi connectivity index (χ4n) is 0.766. The van der Waals surface area contributed by atoms with Gasteiger partial charge in [0.05, 0.1) is 11.6 Å². The van der Waals surface area contributed by atoms with Gasteiger partial charge in [-0.1, -0.05) is 6.07 Å². The van der Waals surface area contributed by atoms with Crippen LogP contribution in [0.15, 0.2) is 22.7 Å². The molecule has 0 saturated carbocycles. The summed E-state index contributed by atoms with van der Waals surface area (Å²) in [5.41, 5.74) is 0.838. The van der Waals surface area contributed by atoms with E-state index >= 15 is 0 Å². The van der Waals surface area contributed by atoms with Gasteiger partial charge in [-0.05, 0) is 33.6 Å². The van der Waals surface area contributed by atoms with Crippen LogP contribution in [0.1, 0.15) is 5.56 Å². The number of benzene rings is 1. The number of ether oxygens (including phenoxy) is 1. The van der Waals surface area contributed by atoms with Gasteiger partial charge >= 0.3 is 0 Å². The number of hydrogen-bond donors (Lipinski definition) is 1. The largest absolute Gasteiger partial charge is 0.496 e. The maximum atomic E-state index is 6.99. The molecule has 0 spiro atoms. The second-order valence-corrected chi connectivity index (χ2v) is 2.89. The number of hydrogen-bond acceptors (Lipinski definition) is 2. The van der Waals surface area contributed by atoms with Gasteiger partial charge in [0, 0.05) is 6.21 Å². The first-order chi connectivity index (χ1) is 5.27. The Kier molecular flexibility index (Phi) is 2.65. The summed E-state index contributed by atoms with van der Waals surface area (Å²) in [5.74, 6) is 0.756. The summed E-state index contributed by atoms with van der Waals surface area (Å²) in [7, 11) is 1.60. The van der Waals surface area contributed by atoms with E-state index in [2.05, 4.69) is 15.9 Å². The van der Waals surface area contributed by atoms with Gasteiger partial charge in [0.25, 0.3) is 0 Å². The Hall–Kier alpha value is -0.830. The molecule has 11 heavy (non-hydrogen) atoms. The molecule has 3 heteroatoms. The molecule has 0 unspecified atom stereocenters. The highest BCUT2D eigenvalue weighted by Crippen LogP contribution is 2.24. The van der Waals surface area contributed by atoms with Crippen LogP contribution in [0.4, 0.5) is 0 Å². The third-order valence-electron chi connectivity index (χ3n) is 1.34. The molecule has 2 nitrogen and oxygen atoms in total. The topological polar surface area (TPSA) is 33.1 Å². The minimum atomic E-state index is 0.756. The quantitative estimate of drug-likeness (QED) is 0.753. The lowest BCUT2D eigenvalue weighted by Gasteiger charge is -2.02. The summed E-state index contributed by atoms with van der Waals surface area (Å²) < 4.78 is 5.95. The van der Waals surface area contributed by atoms with Gasteiger partial charge in [-0.15, -0.1) is 0 Å². The molecule has 0 aliphatic rings. The van der Waals surface area contributed by atoms with Crippen molar-refractivity contribution in [2.24, 2.45) is 0 Å². The zero-order valence-corrected chi connectivity index (χ0v) is 7.68. The average molecular weight is 214 g/mol. The number of rotatable bonds is 2. The van der Waals surface area contributed by atoms with Gasteiger partial charge in [0.1, 0.15) is 5.75 Å². The monoisotopic (exact) mass is 213 g/mol. The molecule has 0 fully saturated rings. The Morgan fingerprint density at radius 3 is 2.82 bits per heavy atom. The molecule has 1 aromatic carbocycles. The standard InChI is InChI=1S/C8H8BrNO/c1-11-8-4-6(5-10)2-3-7(8)9/h2-5,10H,1H3. The van der Waals surface area contributed by atoms with Crippen LogP contribution >= 0.6 is 15.9 Å². The number of methoxy groups -OCH3 is 1. The van der Waals surface area contributed by atoms with Gasteiger partial charge in [-0.3, -0.25) is 0 Å². The summed E-state index contributed by atoms with van der Waals surface area (Å²) in [5, 5.41) is 6.99. The van der Waals surface area contributed by atoms with E-state index in [9.17, 15) is 0 Å². The molecular weight excluding hydrogens is 206 g/mol. The van der Waals surface area contributed by atoms with Crippen molar-refractivity contribution in [1.82, 2.24) is 0 Å². The molecule has 1 rings (SSSR count). The summed E-state index contributed by atoms with van der Waals surface area (Å²) in [4.78, 5) is 0. The zero-order chi connectivity index (χ0) is 8.27. The summed E-state index contributed by atoms with van der Waals surface area (Å²) in [6.07, 6.45) is 1.29. The smallest absolute Gasteiger partial charge is 0.133 e. The van der Waals surface area contributed by atoms with E-state index in [1.807, 2.05) is 12.1 Å². The molecule has 0 radical (unpaired) electrons. The minimum Gasteiger partial charge on any atom is -0.496 e. The lowest BCUT2D eigenvalue weighted by molar-refractivity contribution is 0.412. The number of halogens is 1. The van der Waals surface area contributed by atoms with Crippen molar-refractivity contribution >= 4 is 22.1 Å². The fourth-order valence-corrected chi connectivity index (χ4v) is 1.17. The fraction of sp³-hybridized carbons (Fsp3) is 0.125. The lowest BCUT2D eigenvalue weighted by Crippen LogP contribution is -1.86. The third kappa shape index (κ3) is 1.80. The van der Waals surface area contributed by atoms with Crippen molar-refractivity contribution in [3.8, 4) is 5.75 Å². The zero-order valence-electron chi connectivity index (χ0n) is 6.10.